The molecule has 1 aromatic rings. The van der Waals surface area contributed by atoms with E-state index < -0.39 is 9.05 Å². The molecule has 0 aliphatic rings. The Morgan fingerprint density at radius 3 is 2.10 bits per heavy atom. The number of aryl methyl sites for hydroxylation is 2. The van der Waals surface area contributed by atoms with Crippen LogP contribution < -0.4 is 5.32 Å². The van der Waals surface area contributed by atoms with E-state index in [9.17, 15) is 13.2 Å². The van der Waals surface area contributed by atoms with Crippen LogP contribution in [-0.2, 0) is 31.4 Å². The van der Waals surface area contributed by atoms with Crippen LogP contribution in [0.3, 0.4) is 0 Å². The van der Waals surface area contributed by atoms with Gasteiger partial charge in [0.05, 0.1) is 4.90 Å². The average Bonchev–Trinajstić information content (AvgIpc) is 2.37. The fourth-order valence-corrected chi connectivity index (χ4v) is 2.73. The number of hydrogen-bond acceptors (Lipinski definition) is 4. The van der Waals surface area contributed by atoms with Crippen LogP contribution in [-0.4, -0.2) is 28.0 Å². The lowest BCUT2D eigenvalue weighted by atomic mass is 10.0. The largest absolute Gasteiger partial charge is 0.375 e. The fourth-order valence-electron chi connectivity index (χ4n) is 1.90. The maximum absolute atomic E-state index is 11.7. The van der Waals surface area contributed by atoms with Crippen molar-refractivity contribution in [2.24, 2.45) is 0 Å². The standard InChI is InChI=1S/C13H18ClNO4S/c1-4-9-6-11(20(14,17)18)7-10(5-2)13(9)15-12(16)8-19-3/h6-7H,4-5,8H2,1-3H3,(H,15,16). The minimum Gasteiger partial charge on any atom is -0.375 e. The van der Waals surface area contributed by atoms with Gasteiger partial charge in [-0.1, -0.05) is 13.8 Å². The van der Waals surface area contributed by atoms with Crippen LogP contribution in [0.2, 0.25) is 0 Å². The molecule has 0 fully saturated rings. The number of amides is 1. The Morgan fingerprint density at radius 1 is 1.25 bits per heavy atom. The summed E-state index contributed by atoms with van der Waals surface area (Å²) in [4.78, 5) is 11.7. The van der Waals surface area contributed by atoms with Crippen molar-refractivity contribution in [1.82, 2.24) is 0 Å². The van der Waals surface area contributed by atoms with Crippen LogP contribution in [0.25, 0.3) is 0 Å². The van der Waals surface area contributed by atoms with E-state index in [0.717, 1.165) is 11.1 Å². The highest BCUT2D eigenvalue weighted by Gasteiger charge is 2.17. The molecule has 20 heavy (non-hydrogen) atoms. The first-order valence-electron chi connectivity index (χ1n) is 6.22. The van der Waals surface area contributed by atoms with Crippen LogP contribution in [0.15, 0.2) is 17.0 Å². The van der Waals surface area contributed by atoms with Gasteiger partial charge in [-0.3, -0.25) is 4.79 Å². The van der Waals surface area contributed by atoms with Gasteiger partial charge in [0.2, 0.25) is 5.91 Å². The smallest absolute Gasteiger partial charge is 0.261 e. The summed E-state index contributed by atoms with van der Waals surface area (Å²) in [6.45, 7) is 3.71. The van der Waals surface area contributed by atoms with E-state index in [4.69, 9.17) is 15.4 Å². The van der Waals surface area contributed by atoms with Crippen LogP contribution in [0.5, 0.6) is 0 Å². The molecular formula is C13H18ClNO4S. The Balaban J connectivity index is 3.32. The van der Waals surface area contributed by atoms with E-state index in [2.05, 4.69) is 5.32 Å². The van der Waals surface area contributed by atoms with Gasteiger partial charge in [-0.05, 0) is 36.1 Å². The van der Waals surface area contributed by atoms with Crippen molar-refractivity contribution in [2.45, 2.75) is 31.6 Å². The van der Waals surface area contributed by atoms with Gasteiger partial charge in [-0.15, -0.1) is 0 Å². The molecule has 0 aliphatic heterocycles. The van der Waals surface area contributed by atoms with Crippen LogP contribution in [0.1, 0.15) is 25.0 Å². The Morgan fingerprint density at radius 2 is 1.75 bits per heavy atom. The van der Waals surface area contributed by atoms with Gasteiger partial charge in [-0.25, -0.2) is 8.42 Å². The maximum Gasteiger partial charge on any atom is 0.261 e. The topological polar surface area (TPSA) is 72.5 Å². The third-order valence-electron chi connectivity index (χ3n) is 2.86. The molecule has 0 unspecified atom stereocenters. The third-order valence-corrected chi connectivity index (χ3v) is 4.19. The van der Waals surface area contributed by atoms with E-state index in [1.807, 2.05) is 13.8 Å². The zero-order chi connectivity index (χ0) is 15.3. The molecule has 0 aliphatic carbocycles. The van der Waals surface area contributed by atoms with Crippen molar-refractivity contribution in [3.05, 3.63) is 23.3 Å². The number of carbonyl (C=O) groups is 1. The van der Waals surface area contributed by atoms with Crippen LogP contribution in [0.4, 0.5) is 5.69 Å². The van der Waals surface area contributed by atoms with E-state index in [1.165, 1.54) is 19.2 Å². The Labute approximate surface area is 123 Å². The van der Waals surface area contributed by atoms with Gasteiger partial charge >= 0.3 is 0 Å². The van der Waals surface area contributed by atoms with E-state index in [1.54, 1.807) is 0 Å². The molecular weight excluding hydrogens is 302 g/mol. The minimum absolute atomic E-state index is 0.0533. The van der Waals surface area contributed by atoms with Gasteiger partial charge in [0, 0.05) is 23.5 Å². The molecule has 0 radical (unpaired) electrons. The van der Waals surface area contributed by atoms with Gasteiger partial charge in [-0.2, -0.15) is 0 Å². The quantitative estimate of drug-likeness (QED) is 0.817. The second-order valence-electron chi connectivity index (χ2n) is 4.24. The van der Waals surface area contributed by atoms with Gasteiger partial charge < -0.3 is 10.1 Å². The molecule has 5 nitrogen and oxygen atoms in total. The number of halogens is 1. The molecule has 0 aromatic heterocycles. The number of carbonyl (C=O) groups excluding carboxylic acids is 1. The summed E-state index contributed by atoms with van der Waals surface area (Å²) in [7, 11) is 3.04. The first-order chi connectivity index (χ1) is 9.33. The Bertz CT molecular complexity index is 573. The zero-order valence-electron chi connectivity index (χ0n) is 11.7. The van der Waals surface area contributed by atoms with Crippen LogP contribution in [0, 0.1) is 0 Å². The summed E-state index contributed by atoms with van der Waals surface area (Å²) >= 11 is 0. The molecule has 0 atom stereocenters. The lowest BCUT2D eigenvalue weighted by Crippen LogP contribution is -2.19. The van der Waals surface area contributed by atoms with Crippen molar-refractivity contribution < 1.29 is 17.9 Å². The van der Waals surface area contributed by atoms with Crippen molar-refractivity contribution in [3.63, 3.8) is 0 Å². The molecule has 1 N–H and O–H groups in total. The number of methoxy groups -OCH3 is 1. The lowest BCUT2D eigenvalue weighted by molar-refractivity contribution is -0.119. The normalized spacial score (nSPS) is 11.4. The summed E-state index contributed by atoms with van der Waals surface area (Å²) in [6.07, 6.45) is 1.16. The number of ether oxygens (including phenoxy) is 1. The second kappa shape index (κ2) is 7.06. The van der Waals surface area contributed by atoms with Crippen LogP contribution >= 0.6 is 10.7 Å². The van der Waals surface area contributed by atoms with Crippen molar-refractivity contribution in [1.29, 1.82) is 0 Å². The SMILES string of the molecule is CCc1cc(S(=O)(=O)Cl)cc(CC)c1NC(=O)COC. The summed E-state index contributed by atoms with van der Waals surface area (Å²) in [5, 5.41) is 2.76. The molecule has 0 saturated carbocycles. The molecule has 112 valence electrons. The summed E-state index contributed by atoms with van der Waals surface area (Å²) < 4.78 is 27.7. The number of anilines is 1. The first kappa shape index (κ1) is 16.9. The summed E-state index contributed by atoms with van der Waals surface area (Å²) in [6, 6.07) is 2.98. The van der Waals surface area contributed by atoms with Gasteiger partial charge in [0.15, 0.2) is 0 Å². The average molecular weight is 320 g/mol. The van der Waals surface area contributed by atoms with Crippen molar-refractivity contribution in [3.8, 4) is 0 Å². The highest BCUT2D eigenvalue weighted by Crippen LogP contribution is 2.28. The molecule has 0 heterocycles. The van der Waals surface area contributed by atoms with E-state index >= 15 is 0 Å². The number of rotatable bonds is 6. The molecule has 1 rings (SSSR count). The lowest BCUT2D eigenvalue weighted by Gasteiger charge is -2.15. The Kier molecular flexibility index (Phi) is 5.98. The Hall–Kier alpha value is -1.11. The highest BCUT2D eigenvalue weighted by molar-refractivity contribution is 8.13. The number of benzene rings is 1. The third kappa shape index (κ3) is 4.19. The predicted octanol–water partition coefficient (Wildman–Crippen LogP) is 2.32. The first-order valence-corrected chi connectivity index (χ1v) is 8.53. The molecule has 0 bridgehead atoms. The molecule has 1 aromatic carbocycles. The van der Waals surface area contributed by atoms with Gasteiger partial charge in [0.25, 0.3) is 9.05 Å². The monoisotopic (exact) mass is 319 g/mol. The minimum atomic E-state index is -3.79. The predicted molar refractivity (Wildman–Crippen MR) is 78.7 cm³/mol. The van der Waals surface area contributed by atoms with Crippen molar-refractivity contribution >= 4 is 31.3 Å². The van der Waals surface area contributed by atoms with Crippen molar-refractivity contribution in [2.75, 3.05) is 19.0 Å². The highest BCUT2D eigenvalue weighted by atomic mass is 35.7. The molecule has 1 amide bonds. The zero-order valence-corrected chi connectivity index (χ0v) is 13.3. The van der Waals surface area contributed by atoms with E-state index in [0.29, 0.717) is 18.5 Å². The molecule has 0 spiro atoms. The maximum atomic E-state index is 11.7. The second-order valence-corrected chi connectivity index (χ2v) is 6.81. The molecule has 7 heteroatoms. The summed E-state index contributed by atoms with van der Waals surface area (Å²) in [5.41, 5.74) is 2.10. The summed E-state index contributed by atoms with van der Waals surface area (Å²) in [5.74, 6) is -0.279. The van der Waals surface area contributed by atoms with E-state index in [-0.39, 0.29) is 17.4 Å². The van der Waals surface area contributed by atoms with Gasteiger partial charge in [0.1, 0.15) is 6.61 Å². The molecule has 0 saturated heterocycles. The number of hydrogen-bond donors (Lipinski definition) is 1. The number of nitrogens with one attached hydrogen (secondary N) is 1. The fraction of sp³-hybridized carbons (Fsp3) is 0.462.